The molecule has 0 fully saturated rings. The zero-order valence-corrected chi connectivity index (χ0v) is 12.0. The number of carbonyl (C=O) groups excluding carboxylic acids is 1. The van der Waals surface area contributed by atoms with Gasteiger partial charge in [0.05, 0.1) is 13.7 Å². The van der Waals surface area contributed by atoms with Gasteiger partial charge in [0.25, 0.3) is 5.91 Å². The van der Waals surface area contributed by atoms with Crippen LogP contribution in [0, 0.1) is 5.82 Å². The molecular weight excluding hydrogens is 283 g/mol. The van der Waals surface area contributed by atoms with E-state index in [0.29, 0.717) is 11.3 Å². The molecule has 0 aliphatic heterocycles. The molecule has 1 heterocycles. The number of carbonyl (C=O) groups is 1. The fourth-order valence-corrected chi connectivity index (χ4v) is 2.51. The minimum Gasteiger partial charge on any atom is -0.332 e. The second-order valence-corrected chi connectivity index (χ2v) is 4.90. The van der Waals surface area contributed by atoms with Gasteiger partial charge in [0.15, 0.2) is 0 Å². The fourth-order valence-electron chi connectivity index (χ4n) is 2.51. The van der Waals surface area contributed by atoms with Crippen molar-refractivity contribution >= 4 is 16.8 Å². The molecule has 5 heteroatoms. The average molecular weight is 298 g/mol. The summed E-state index contributed by atoms with van der Waals surface area (Å²) in [6.45, 7) is 0.270. The second-order valence-electron chi connectivity index (χ2n) is 4.90. The van der Waals surface area contributed by atoms with Crippen LogP contribution in [-0.2, 0) is 11.4 Å². The number of nitrogens with zero attached hydrogens (tertiary/aromatic N) is 1. The quantitative estimate of drug-likeness (QED) is 0.752. The van der Waals surface area contributed by atoms with Gasteiger partial charge in [-0.2, -0.15) is 0 Å². The Morgan fingerprint density at radius 2 is 1.91 bits per heavy atom. The molecule has 112 valence electrons. The molecule has 0 aliphatic carbocycles. The number of rotatable bonds is 4. The first-order chi connectivity index (χ1) is 10.7. The Morgan fingerprint density at radius 1 is 1.18 bits per heavy atom. The summed E-state index contributed by atoms with van der Waals surface area (Å²) in [6, 6.07) is 15.9. The molecule has 3 rings (SSSR count). The summed E-state index contributed by atoms with van der Waals surface area (Å²) in [7, 11) is 1.38. The van der Waals surface area contributed by atoms with Crippen molar-refractivity contribution in [3.05, 3.63) is 71.7 Å². The van der Waals surface area contributed by atoms with Crippen molar-refractivity contribution in [2.45, 2.75) is 6.54 Å². The van der Waals surface area contributed by atoms with Gasteiger partial charge in [0.1, 0.15) is 11.5 Å². The van der Waals surface area contributed by atoms with Gasteiger partial charge in [0, 0.05) is 16.5 Å². The average Bonchev–Trinajstić information content (AvgIpc) is 2.89. The van der Waals surface area contributed by atoms with Gasteiger partial charge in [-0.25, -0.2) is 9.87 Å². The number of nitrogens with one attached hydrogen (secondary N) is 1. The summed E-state index contributed by atoms with van der Waals surface area (Å²) >= 11 is 0. The highest BCUT2D eigenvalue weighted by atomic mass is 19.1. The Kier molecular flexibility index (Phi) is 3.89. The third kappa shape index (κ3) is 2.58. The van der Waals surface area contributed by atoms with Crippen LogP contribution in [0.5, 0.6) is 0 Å². The van der Waals surface area contributed by atoms with Crippen LogP contribution >= 0.6 is 0 Å². The summed E-state index contributed by atoms with van der Waals surface area (Å²) in [5.41, 5.74) is 4.12. The smallest absolute Gasteiger partial charge is 0.291 e. The van der Waals surface area contributed by atoms with Gasteiger partial charge in [-0.3, -0.25) is 9.63 Å². The number of fused-ring (bicyclic) bond motifs is 1. The Bertz CT molecular complexity index is 826. The summed E-state index contributed by atoms with van der Waals surface area (Å²) in [5, 5.41) is 0.917. The standard InChI is InChI=1S/C17H15FN2O2/c1-22-19-17(21)16-10-12-6-3-5-9-15(12)20(16)11-13-7-2-4-8-14(13)18/h2-10H,11H2,1H3,(H,19,21). The van der Waals surface area contributed by atoms with Gasteiger partial charge in [-0.15, -0.1) is 0 Å². The highest BCUT2D eigenvalue weighted by Gasteiger charge is 2.16. The van der Waals surface area contributed by atoms with E-state index in [9.17, 15) is 9.18 Å². The van der Waals surface area contributed by atoms with E-state index in [1.54, 1.807) is 28.8 Å². The number of hydrogen-bond acceptors (Lipinski definition) is 2. The van der Waals surface area contributed by atoms with Crippen LogP contribution in [-0.4, -0.2) is 17.6 Å². The largest absolute Gasteiger partial charge is 0.332 e. The monoisotopic (exact) mass is 298 g/mol. The van der Waals surface area contributed by atoms with E-state index < -0.39 is 0 Å². The molecule has 0 atom stereocenters. The lowest BCUT2D eigenvalue weighted by Crippen LogP contribution is -2.25. The molecule has 0 spiro atoms. The number of amides is 1. The maximum Gasteiger partial charge on any atom is 0.291 e. The summed E-state index contributed by atoms with van der Waals surface area (Å²) in [6.07, 6.45) is 0. The van der Waals surface area contributed by atoms with E-state index in [-0.39, 0.29) is 18.3 Å². The van der Waals surface area contributed by atoms with E-state index in [1.807, 2.05) is 24.3 Å². The molecule has 0 saturated carbocycles. The number of hydroxylamine groups is 1. The van der Waals surface area contributed by atoms with Crippen molar-refractivity contribution in [1.29, 1.82) is 0 Å². The second kappa shape index (κ2) is 5.99. The van der Waals surface area contributed by atoms with Crippen molar-refractivity contribution in [2.75, 3.05) is 7.11 Å². The van der Waals surface area contributed by atoms with Crippen molar-refractivity contribution in [3.8, 4) is 0 Å². The highest BCUT2D eigenvalue weighted by molar-refractivity contribution is 5.98. The first kappa shape index (κ1) is 14.3. The zero-order chi connectivity index (χ0) is 15.5. The van der Waals surface area contributed by atoms with E-state index in [0.717, 1.165) is 10.9 Å². The van der Waals surface area contributed by atoms with E-state index in [2.05, 4.69) is 5.48 Å². The first-order valence-electron chi connectivity index (χ1n) is 6.85. The molecular formula is C17H15FN2O2. The molecule has 0 radical (unpaired) electrons. The molecule has 2 aromatic carbocycles. The van der Waals surface area contributed by atoms with Crippen molar-refractivity contribution in [3.63, 3.8) is 0 Å². The minimum atomic E-state index is -0.366. The topological polar surface area (TPSA) is 43.3 Å². The lowest BCUT2D eigenvalue weighted by Gasteiger charge is -2.11. The first-order valence-corrected chi connectivity index (χ1v) is 6.85. The minimum absolute atomic E-state index is 0.270. The SMILES string of the molecule is CONC(=O)c1cc2ccccc2n1Cc1ccccc1F. The Morgan fingerprint density at radius 3 is 2.68 bits per heavy atom. The van der Waals surface area contributed by atoms with Crippen LogP contribution in [0.25, 0.3) is 10.9 Å². The molecule has 0 unspecified atom stereocenters. The summed E-state index contributed by atoms with van der Waals surface area (Å²) < 4.78 is 15.7. The van der Waals surface area contributed by atoms with Gasteiger partial charge in [-0.1, -0.05) is 36.4 Å². The van der Waals surface area contributed by atoms with Crippen LogP contribution in [0.15, 0.2) is 54.6 Å². The molecule has 1 amide bonds. The van der Waals surface area contributed by atoms with Gasteiger partial charge < -0.3 is 4.57 Å². The van der Waals surface area contributed by atoms with Crippen LogP contribution in [0.1, 0.15) is 16.1 Å². The number of benzene rings is 2. The maximum absolute atomic E-state index is 13.9. The molecule has 0 bridgehead atoms. The van der Waals surface area contributed by atoms with Crippen molar-refractivity contribution < 1.29 is 14.0 Å². The number of para-hydroxylation sites is 1. The van der Waals surface area contributed by atoms with E-state index in [1.165, 1.54) is 13.2 Å². The van der Waals surface area contributed by atoms with Crippen LogP contribution in [0.3, 0.4) is 0 Å². The fraction of sp³-hybridized carbons (Fsp3) is 0.118. The van der Waals surface area contributed by atoms with Crippen molar-refractivity contribution in [2.24, 2.45) is 0 Å². The number of aromatic nitrogens is 1. The van der Waals surface area contributed by atoms with Crippen LogP contribution in [0.4, 0.5) is 4.39 Å². The molecule has 1 aromatic heterocycles. The predicted octanol–water partition coefficient (Wildman–Crippen LogP) is 3.12. The van der Waals surface area contributed by atoms with E-state index in [4.69, 9.17) is 4.84 Å². The lowest BCUT2D eigenvalue weighted by atomic mass is 10.2. The lowest BCUT2D eigenvalue weighted by molar-refractivity contribution is 0.0529. The molecule has 4 nitrogen and oxygen atoms in total. The summed E-state index contributed by atoms with van der Waals surface area (Å²) in [5.74, 6) is -0.659. The highest BCUT2D eigenvalue weighted by Crippen LogP contribution is 2.22. The third-order valence-electron chi connectivity index (χ3n) is 3.52. The Labute approximate surface area is 127 Å². The van der Waals surface area contributed by atoms with Crippen molar-refractivity contribution in [1.82, 2.24) is 10.0 Å². The Hall–Kier alpha value is -2.66. The van der Waals surface area contributed by atoms with Crippen LogP contribution in [0.2, 0.25) is 0 Å². The maximum atomic E-state index is 13.9. The Balaban J connectivity index is 2.11. The predicted molar refractivity (Wildman–Crippen MR) is 81.9 cm³/mol. The van der Waals surface area contributed by atoms with Crippen LogP contribution < -0.4 is 5.48 Å². The van der Waals surface area contributed by atoms with Gasteiger partial charge in [-0.05, 0) is 18.2 Å². The third-order valence-corrected chi connectivity index (χ3v) is 3.52. The molecule has 3 aromatic rings. The number of halogens is 1. The molecule has 1 N–H and O–H groups in total. The molecule has 0 aliphatic rings. The molecule has 22 heavy (non-hydrogen) atoms. The zero-order valence-electron chi connectivity index (χ0n) is 12.0. The normalized spacial score (nSPS) is 10.8. The van der Waals surface area contributed by atoms with E-state index >= 15 is 0 Å². The van der Waals surface area contributed by atoms with Gasteiger partial charge >= 0.3 is 0 Å². The van der Waals surface area contributed by atoms with Gasteiger partial charge in [0.2, 0.25) is 0 Å². The summed E-state index contributed by atoms with van der Waals surface area (Å²) in [4.78, 5) is 16.9. The number of hydrogen-bond donors (Lipinski definition) is 1. The molecule has 0 saturated heterocycles.